The second-order valence-electron chi connectivity index (χ2n) is 6.00. The lowest BCUT2D eigenvalue weighted by molar-refractivity contribution is 0.00752. The van der Waals surface area contributed by atoms with Crippen molar-refractivity contribution in [1.29, 1.82) is 0 Å². The summed E-state index contributed by atoms with van der Waals surface area (Å²) in [5, 5.41) is 10.5. The Morgan fingerprint density at radius 2 is 2.00 bits per heavy atom. The highest BCUT2D eigenvalue weighted by atomic mass is 127. The van der Waals surface area contributed by atoms with E-state index in [1.807, 2.05) is 0 Å². The molecule has 1 aromatic rings. The topological polar surface area (TPSA) is 87.8 Å². The molecule has 0 bridgehead atoms. The number of aliphatic imine (C=N–C) groups is 1. The Morgan fingerprint density at radius 3 is 2.54 bits per heavy atom. The van der Waals surface area contributed by atoms with Crippen molar-refractivity contribution in [3.8, 4) is 0 Å². The van der Waals surface area contributed by atoms with Gasteiger partial charge in [-0.05, 0) is 5.92 Å². The zero-order chi connectivity index (χ0) is 16.7. The predicted octanol–water partition coefficient (Wildman–Crippen LogP) is 1.02. The molecule has 1 aliphatic rings. The number of aromatic nitrogens is 2. The quantitative estimate of drug-likeness (QED) is 0.379. The molecule has 0 saturated carbocycles. The maximum Gasteiger partial charge on any atom is 0.223 e. The summed E-state index contributed by atoms with van der Waals surface area (Å²) in [5.41, 5.74) is 0. The van der Waals surface area contributed by atoms with Gasteiger partial charge in [-0.1, -0.05) is 19.0 Å². The number of ether oxygens (including phenoxy) is 1. The molecule has 2 heterocycles. The third kappa shape index (κ3) is 6.52. The minimum absolute atomic E-state index is 0. The Morgan fingerprint density at radius 1 is 1.29 bits per heavy atom. The molecule has 24 heavy (non-hydrogen) atoms. The van der Waals surface area contributed by atoms with E-state index in [1.54, 1.807) is 14.0 Å². The van der Waals surface area contributed by atoms with Crippen molar-refractivity contribution < 1.29 is 9.26 Å². The number of morpholine rings is 1. The SMILES string of the molecule is CN=C(NCc1noc(C)n1)NCC(C(C)C)N1CCOCC1.I. The Labute approximate surface area is 160 Å². The summed E-state index contributed by atoms with van der Waals surface area (Å²) >= 11 is 0. The van der Waals surface area contributed by atoms with Crippen molar-refractivity contribution in [1.82, 2.24) is 25.7 Å². The van der Waals surface area contributed by atoms with Crippen LogP contribution in [-0.4, -0.2) is 66.9 Å². The molecule has 1 fully saturated rings. The van der Waals surface area contributed by atoms with E-state index in [9.17, 15) is 0 Å². The number of nitrogens with zero attached hydrogens (tertiary/aromatic N) is 4. The first kappa shape index (κ1) is 21.1. The first-order valence-corrected chi connectivity index (χ1v) is 8.15. The second kappa shape index (κ2) is 10.8. The van der Waals surface area contributed by atoms with Crippen LogP contribution in [-0.2, 0) is 11.3 Å². The van der Waals surface area contributed by atoms with E-state index in [0.29, 0.717) is 30.2 Å². The lowest BCUT2D eigenvalue weighted by atomic mass is 10.0. The summed E-state index contributed by atoms with van der Waals surface area (Å²) in [6.07, 6.45) is 0. The molecule has 1 saturated heterocycles. The van der Waals surface area contributed by atoms with Gasteiger partial charge in [0.1, 0.15) is 0 Å². The largest absolute Gasteiger partial charge is 0.379 e. The molecule has 2 N–H and O–H groups in total. The van der Waals surface area contributed by atoms with Gasteiger partial charge >= 0.3 is 0 Å². The Bertz CT molecular complexity index is 502. The van der Waals surface area contributed by atoms with E-state index in [1.165, 1.54) is 0 Å². The standard InChI is InChI=1S/C15H28N6O2.HI/c1-11(2)13(21-5-7-22-8-6-21)9-17-15(16-4)18-10-14-19-12(3)23-20-14;/h11,13H,5-10H2,1-4H3,(H2,16,17,18);1H. The van der Waals surface area contributed by atoms with Crippen molar-refractivity contribution in [3.05, 3.63) is 11.7 Å². The van der Waals surface area contributed by atoms with Crippen molar-refractivity contribution in [3.63, 3.8) is 0 Å². The maximum absolute atomic E-state index is 5.44. The lowest BCUT2D eigenvalue weighted by Crippen LogP contribution is -2.52. The van der Waals surface area contributed by atoms with Gasteiger partial charge in [0.15, 0.2) is 11.8 Å². The number of hydrogen-bond donors (Lipinski definition) is 2. The van der Waals surface area contributed by atoms with Crippen molar-refractivity contribution in [2.75, 3.05) is 39.9 Å². The van der Waals surface area contributed by atoms with Gasteiger partial charge in [0, 0.05) is 39.6 Å². The van der Waals surface area contributed by atoms with Gasteiger partial charge < -0.3 is 19.9 Å². The van der Waals surface area contributed by atoms with Crippen LogP contribution >= 0.6 is 24.0 Å². The Hall–Kier alpha value is -0.940. The molecule has 1 unspecified atom stereocenters. The summed E-state index contributed by atoms with van der Waals surface area (Å²) in [5.74, 6) is 2.49. The van der Waals surface area contributed by atoms with Crippen LogP contribution in [0.4, 0.5) is 0 Å². The van der Waals surface area contributed by atoms with E-state index in [4.69, 9.17) is 9.26 Å². The Balaban J connectivity index is 0.00000288. The summed E-state index contributed by atoms with van der Waals surface area (Å²) < 4.78 is 10.4. The average Bonchev–Trinajstić information content (AvgIpc) is 2.96. The molecule has 0 aliphatic carbocycles. The first-order valence-electron chi connectivity index (χ1n) is 8.15. The molecule has 0 aromatic carbocycles. The van der Waals surface area contributed by atoms with Gasteiger partial charge in [0.05, 0.1) is 19.8 Å². The molecule has 8 nitrogen and oxygen atoms in total. The van der Waals surface area contributed by atoms with Gasteiger partial charge in [-0.25, -0.2) is 0 Å². The van der Waals surface area contributed by atoms with Crippen LogP contribution in [0.1, 0.15) is 25.6 Å². The lowest BCUT2D eigenvalue weighted by Gasteiger charge is -2.37. The number of aryl methyl sites for hydroxylation is 1. The molecule has 9 heteroatoms. The number of hydrogen-bond acceptors (Lipinski definition) is 6. The first-order chi connectivity index (χ1) is 11.1. The molecule has 0 amide bonds. The number of rotatable bonds is 6. The van der Waals surface area contributed by atoms with Crippen LogP contribution in [0.15, 0.2) is 9.52 Å². The van der Waals surface area contributed by atoms with Gasteiger partial charge in [-0.15, -0.1) is 24.0 Å². The van der Waals surface area contributed by atoms with Crippen LogP contribution in [0, 0.1) is 12.8 Å². The van der Waals surface area contributed by atoms with E-state index < -0.39 is 0 Å². The average molecular weight is 452 g/mol. The Kier molecular flexibility index (Phi) is 9.52. The summed E-state index contributed by atoms with van der Waals surface area (Å²) in [6, 6.07) is 0.449. The second-order valence-corrected chi connectivity index (χ2v) is 6.00. The molecule has 0 spiro atoms. The minimum atomic E-state index is 0. The van der Waals surface area contributed by atoms with Crippen molar-refractivity contribution >= 4 is 29.9 Å². The molecule has 2 rings (SSSR count). The van der Waals surface area contributed by atoms with Crippen LogP contribution in [0.3, 0.4) is 0 Å². The third-order valence-electron chi connectivity index (χ3n) is 3.97. The van der Waals surface area contributed by atoms with Crippen LogP contribution in [0.5, 0.6) is 0 Å². The highest BCUT2D eigenvalue weighted by molar-refractivity contribution is 14.0. The summed E-state index contributed by atoms with van der Waals surface area (Å²) in [4.78, 5) is 10.9. The molecule has 138 valence electrons. The number of nitrogens with one attached hydrogen (secondary N) is 2. The summed E-state index contributed by atoms with van der Waals surface area (Å²) in [7, 11) is 1.76. The minimum Gasteiger partial charge on any atom is -0.379 e. The van der Waals surface area contributed by atoms with E-state index in [-0.39, 0.29) is 24.0 Å². The van der Waals surface area contributed by atoms with E-state index in [0.717, 1.165) is 38.8 Å². The van der Waals surface area contributed by atoms with Crippen LogP contribution in [0.25, 0.3) is 0 Å². The van der Waals surface area contributed by atoms with E-state index >= 15 is 0 Å². The molecular weight excluding hydrogens is 423 g/mol. The zero-order valence-electron chi connectivity index (χ0n) is 14.9. The predicted molar refractivity (Wildman–Crippen MR) is 104 cm³/mol. The fraction of sp³-hybridized carbons (Fsp3) is 0.800. The fourth-order valence-electron chi connectivity index (χ4n) is 2.69. The molecule has 0 radical (unpaired) electrons. The molecule has 1 atom stereocenters. The van der Waals surface area contributed by atoms with Crippen LogP contribution < -0.4 is 10.6 Å². The van der Waals surface area contributed by atoms with Gasteiger partial charge in [-0.2, -0.15) is 4.98 Å². The highest BCUT2D eigenvalue weighted by Gasteiger charge is 2.23. The van der Waals surface area contributed by atoms with Gasteiger partial charge in [0.2, 0.25) is 5.89 Å². The van der Waals surface area contributed by atoms with Crippen LogP contribution in [0.2, 0.25) is 0 Å². The van der Waals surface area contributed by atoms with Crippen molar-refractivity contribution in [2.24, 2.45) is 10.9 Å². The normalized spacial score (nSPS) is 17.5. The zero-order valence-corrected chi connectivity index (χ0v) is 17.2. The van der Waals surface area contributed by atoms with Gasteiger partial charge in [0.25, 0.3) is 0 Å². The van der Waals surface area contributed by atoms with E-state index in [2.05, 4.69) is 44.5 Å². The molecule has 1 aliphatic heterocycles. The monoisotopic (exact) mass is 452 g/mol. The van der Waals surface area contributed by atoms with Crippen molar-refractivity contribution in [2.45, 2.75) is 33.4 Å². The van der Waals surface area contributed by atoms with Gasteiger partial charge in [-0.3, -0.25) is 9.89 Å². The molecule has 1 aromatic heterocycles. The number of guanidine groups is 1. The highest BCUT2D eigenvalue weighted by Crippen LogP contribution is 2.12. The maximum atomic E-state index is 5.44. The third-order valence-corrected chi connectivity index (χ3v) is 3.97. The smallest absolute Gasteiger partial charge is 0.223 e. The fourth-order valence-corrected chi connectivity index (χ4v) is 2.69. The molecular formula is C15H29IN6O2. The summed E-state index contributed by atoms with van der Waals surface area (Å²) in [6.45, 7) is 11.2. The number of halogens is 1.